The number of halogens is 2. The lowest BCUT2D eigenvalue weighted by Gasteiger charge is -2.08. The number of amides is 1. The summed E-state index contributed by atoms with van der Waals surface area (Å²) in [7, 11) is 0. The Morgan fingerprint density at radius 2 is 1.76 bits per heavy atom. The van der Waals surface area contributed by atoms with Crippen molar-refractivity contribution in [3.8, 4) is 11.4 Å². The Morgan fingerprint density at radius 3 is 2.56 bits per heavy atom. The van der Waals surface area contributed by atoms with Crippen LogP contribution in [0.4, 0.5) is 5.82 Å². The molecule has 0 atom stereocenters. The van der Waals surface area contributed by atoms with Crippen molar-refractivity contribution in [3.63, 3.8) is 0 Å². The SMILES string of the molecule is O=C(CCc1nc(-c2cc(Cl)cc(Cl)c2)no1)NCCCCNc1n[nH]c(=O)c2ccccc12. The molecule has 3 N–H and O–H groups in total. The van der Waals surface area contributed by atoms with Gasteiger partial charge in [0.05, 0.1) is 5.39 Å². The van der Waals surface area contributed by atoms with E-state index in [0.29, 0.717) is 58.0 Å². The highest BCUT2D eigenvalue weighted by Crippen LogP contribution is 2.25. The summed E-state index contributed by atoms with van der Waals surface area (Å²) in [5.41, 5.74) is 0.435. The van der Waals surface area contributed by atoms with Gasteiger partial charge in [0.2, 0.25) is 17.6 Å². The fourth-order valence-electron chi connectivity index (χ4n) is 3.40. The molecule has 0 unspecified atom stereocenters. The first kappa shape index (κ1) is 23.7. The third-order valence-electron chi connectivity index (χ3n) is 5.07. The number of rotatable bonds is 10. The lowest BCUT2D eigenvalue weighted by molar-refractivity contribution is -0.121. The Hall–Kier alpha value is -3.43. The number of nitrogens with one attached hydrogen (secondary N) is 3. The van der Waals surface area contributed by atoms with E-state index >= 15 is 0 Å². The molecule has 0 spiro atoms. The van der Waals surface area contributed by atoms with Gasteiger partial charge in [-0.25, -0.2) is 5.10 Å². The monoisotopic (exact) mass is 500 g/mol. The highest BCUT2D eigenvalue weighted by atomic mass is 35.5. The summed E-state index contributed by atoms with van der Waals surface area (Å²) >= 11 is 12.0. The number of benzene rings is 2. The van der Waals surface area contributed by atoms with Crippen molar-refractivity contribution in [3.05, 3.63) is 68.8 Å². The van der Waals surface area contributed by atoms with Gasteiger partial charge in [-0.1, -0.05) is 46.6 Å². The van der Waals surface area contributed by atoms with Crippen molar-refractivity contribution in [1.29, 1.82) is 0 Å². The number of carbonyl (C=O) groups excluding carboxylic acids is 1. The molecule has 0 bridgehead atoms. The number of H-pyrrole nitrogens is 1. The van der Waals surface area contributed by atoms with E-state index in [2.05, 4.69) is 31.0 Å². The molecule has 2 heterocycles. The molecule has 4 aromatic rings. The number of nitrogens with zero attached hydrogens (tertiary/aromatic N) is 3. The summed E-state index contributed by atoms with van der Waals surface area (Å²) in [6.07, 6.45) is 2.19. The van der Waals surface area contributed by atoms with Gasteiger partial charge in [-0.05, 0) is 37.1 Å². The van der Waals surface area contributed by atoms with Crippen LogP contribution in [0.3, 0.4) is 0 Å². The maximum atomic E-state index is 12.1. The van der Waals surface area contributed by atoms with Gasteiger partial charge in [-0.15, -0.1) is 0 Å². The van der Waals surface area contributed by atoms with Gasteiger partial charge in [-0.3, -0.25) is 9.59 Å². The van der Waals surface area contributed by atoms with Crippen LogP contribution in [0.5, 0.6) is 0 Å². The van der Waals surface area contributed by atoms with E-state index in [9.17, 15) is 9.59 Å². The van der Waals surface area contributed by atoms with Crippen LogP contribution >= 0.6 is 23.2 Å². The van der Waals surface area contributed by atoms with Crippen molar-refractivity contribution in [2.45, 2.75) is 25.7 Å². The van der Waals surface area contributed by atoms with E-state index < -0.39 is 0 Å². The van der Waals surface area contributed by atoms with Gasteiger partial charge in [0, 0.05) is 46.9 Å². The molecule has 176 valence electrons. The molecule has 11 heteroatoms. The molecule has 0 aliphatic carbocycles. The third-order valence-corrected chi connectivity index (χ3v) is 5.51. The molecule has 0 fully saturated rings. The van der Waals surface area contributed by atoms with Crippen molar-refractivity contribution in [1.82, 2.24) is 25.7 Å². The number of hydrogen-bond acceptors (Lipinski definition) is 7. The van der Waals surface area contributed by atoms with Crippen molar-refractivity contribution in [2.75, 3.05) is 18.4 Å². The summed E-state index contributed by atoms with van der Waals surface area (Å²) in [6.45, 7) is 1.22. The predicted molar refractivity (Wildman–Crippen MR) is 131 cm³/mol. The lowest BCUT2D eigenvalue weighted by atomic mass is 10.2. The third kappa shape index (κ3) is 6.12. The minimum absolute atomic E-state index is 0.0909. The first-order valence-corrected chi connectivity index (χ1v) is 11.5. The van der Waals surface area contributed by atoms with Crippen molar-refractivity contribution in [2.24, 2.45) is 0 Å². The normalized spacial score (nSPS) is 11.0. The number of aromatic amines is 1. The van der Waals surface area contributed by atoms with Gasteiger partial charge in [0.15, 0.2) is 5.82 Å². The predicted octanol–water partition coefficient (Wildman–Crippen LogP) is 4.22. The van der Waals surface area contributed by atoms with Crippen LogP contribution in [-0.4, -0.2) is 39.3 Å². The molecular weight excluding hydrogens is 479 g/mol. The van der Waals surface area contributed by atoms with Crippen LogP contribution in [0.2, 0.25) is 10.0 Å². The van der Waals surface area contributed by atoms with Crippen molar-refractivity contribution < 1.29 is 9.32 Å². The standard InChI is InChI=1S/C23H22Cl2N6O3/c24-15-11-14(12-16(25)13-15)21-28-20(34-31-21)8-7-19(32)26-9-3-4-10-27-22-17-5-1-2-6-18(17)23(33)30-29-22/h1-2,5-6,11-13H,3-4,7-10H2,(H,26,32)(H,27,29)(H,30,33). The molecule has 0 saturated carbocycles. The lowest BCUT2D eigenvalue weighted by Crippen LogP contribution is -2.25. The molecule has 2 aromatic carbocycles. The topological polar surface area (TPSA) is 126 Å². The summed E-state index contributed by atoms with van der Waals surface area (Å²) in [5, 5.41) is 19.0. The minimum Gasteiger partial charge on any atom is -0.368 e. The highest BCUT2D eigenvalue weighted by molar-refractivity contribution is 6.35. The molecule has 0 aliphatic heterocycles. The Kier molecular flexibility index (Phi) is 7.76. The van der Waals surface area contributed by atoms with E-state index in [1.807, 2.05) is 18.2 Å². The van der Waals surface area contributed by atoms with Gasteiger partial charge in [0.25, 0.3) is 5.56 Å². The fraction of sp³-hybridized carbons (Fsp3) is 0.261. The Morgan fingerprint density at radius 1 is 1.03 bits per heavy atom. The molecule has 34 heavy (non-hydrogen) atoms. The average molecular weight is 501 g/mol. The summed E-state index contributed by atoms with van der Waals surface area (Å²) in [4.78, 5) is 28.3. The van der Waals surface area contributed by atoms with Crippen LogP contribution in [0, 0.1) is 0 Å². The Balaban J connectivity index is 1.16. The number of fused-ring (bicyclic) bond motifs is 1. The van der Waals surface area contributed by atoms with E-state index in [1.165, 1.54) is 0 Å². The van der Waals surface area contributed by atoms with Gasteiger partial charge < -0.3 is 15.2 Å². The number of unbranched alkanes of at least 4 members (excludes halogenated alkanes) is 1. The van der Waals surface area contributed by atoms with E-state index in [1.54, 1.807) is 24.3 Å². The van der Waals surface area contributed by atoms with Gasteiger partial charge in [0.1, 0.15) is 0 Å². The van der Waals surface area contributed by atoms with Crippen LogP contribution in [0.15, 0.2) is 51.8 Å². The second-order valence-electron chi connectivity index (χ2n) is 7.60. The average Bonchev–Trinajstić information content (AvgIpc) is 3.30. The van der Waals surface area contributed by atoms with E-state index in [-0.39, 0.29) is 17.9 Å². The quantitative estimate of drug-likeness (QED) is 0.278. The number of anilines is 1. The van der Waals surface area contributed by atoms with E-state index in [4.69, 9.17) is 27.7 Å². The van der Waals surface area contributed by atoms with Crippen LogP contribution in [0.1, 0.15) is 25.2 Å². The van der Waals surface area contributed by atoms with Crippen LogP contribution < -0.4 is 16.2 Å². The number of hydrogen-bond donors (Lipinski definition) is 3. The number of aromatic nitrogens is 4. The molecule has 0 saturated heterocycles. The summed E-state index contributed by atoms with van der Waals surface area (Å²) < 4.78 is 5.22. The molecule has 1 amide bonds. The molecule has 0 aliphatic rings. The summed E-state index contributed by atoms with van der Waals surface area (Å²) in [5.74, 6) is 1.29. The largest absolute Gasteiger partial charge is 0.368 e. The number of aryl methyl sites for hydroxylation is 1. The molecule has 4 rings (SSSR count). The second-order valence-corrected chi connectivity index (χ2v) is 8.47. The Bertz CT molecular complexity index is 1330. The van der Waals surface area contributed by atoms with Crippen LogP contribution in [-0.2, 0) is 11.2 Å². The van der Waals surface area contributed by atoms with Gasteiger partial charge >= 0.3 is 0 Å². The fourth-order valence-corrected chi connectivity index (χ4v) is 3.93. The maximum Gasteiger partial charge on any atom is 0.272 e. The highest BCUT2D eigenvalue weighted by Gasteiger charge is 2.12. The molecule has 9 nitrogen and oxygen atoms in total. The zero-order valence-corrected chi connectivity index (χ0v) is 19.6. The smallest absolute Gasteiger partial charge is 0.272 e. The van der Waals surface area contributed by atoms with Crippen LogP contribution in [0.25, 0.3) is 22.2 Å². The van der Waals surface area contributed by atoms with Gasteiger partial charge in [-0.2, -0.15) is 10.1 Å². The second kappa shape index (κ2) is 11.1. The maximum absolute atomic E-state index is 12.1. The molecule has 2 aromatic heterocycles. The number of carbonyl (C=O) groups is 1. The Labute approximate surface area is 204 Å². The molecule has 0 radical (unpaired) electrons. The zero-order chi connectivity index (χ0) is 23.9. The summed E-state index contributed by atoms with van der Waals surface area (Å²) in [6, 6.07) is 12.3. The molecular formula is C23H22Cl2N6O3. The van der Waals surface area contributed by atoms with E-state index in [0.717, 1.165) is 18.2 Å². The zero-order valence-electron chi connectivity index (χ0n) is 18.1. The first-order chi connectivity index (χ1) is 16.5. The van der Waals surface area contributed by atoms with Crippen molar-refractivity contribution >= 4 is 45.7 Å². The minimum atomic E-state index is -0.213. The first-order valence-electron chi connectivity index (χ1n) is 10.8.